The maximum atomic E-state index is 14.7. The predicted molar refractivity (Wildman–Crippen MR) is 116 cm³/mol. The van der Waals surface area contributed by atoms with Gasteiger partial charge in [-0.1, -0.05) is 42.5 Å². The maximum Gasteiger partial charge on any atom is 0.251 e. The summed E-state index contributed by atoms with van der Waals surface area (Å²) in [4.78, 5) is 16.0. The first-order valence-corrected chi connectivity index (χ1v) is 9.98. The molecule has 3 aromatic rings. The minimum absolute atomic E-state index is 0.0682. The Morgan fingerprint density at radius 3 is 2.47 bits per heavy atom. The van der Waals surface area contributed by atoms with Crippen molar-refractivity contribution in [1.29, 1.82) is 0 Å². The third-order valence-corrected chi connectivity index (χ3v) is 5.72. The molecule has 0 unspecified atom stereocenters. The van der Waals surface area contributed by atoms with E-state index in [-0.39, 0.29) is 11.7 Å². The Morgan fingerprint density at radius 1 is 0.933 bits per heavy atom. The van der Waals surface area contributed by atoms with Crippen LogP contribution in [-0.2, 0) is 6.42 Å². The topological polar surface area (TPSA) is 80.0 Å². The van der Waals surface area contributed by atoms with Gasteiger partial charge in [0.05, 0.1) is 0 Å². The number of amides is 1. The van der Waals surface area contributed by atoms with Crippen molar-refractivity contribution in [2.75, 3.05) is 25.4 Å². The van der Waals surface area contributed by atoms with Crippen LogP contribution < -0.4 is 16.4 Å². The Labute approximate surface area is 173 Å². The van der Waals surface area contributed by atoms with Crippen LogP contribution in [0.25, 0.3) is 27.8 Å². The predicted octanol–water partition coefficient (Wildman–Crippen LogP) is 3.41. The standard InChI is InChI=1S/C24H21FN4O/c25-22-20(15-3-1-14(2-4-15)18-7-9-27-13-18)12-21(23(26)29-22)16-5-6-19-17(11-16)8-10-28-24(19)30/h1-7,11-12,27H,8-10,13H2,(H2,26,29)(H,28,30). The molecule has 6 heteroatoms. The number of hydrogen-bond donors (Lipinski definition) is 3. The molecule has 0 saturated heterocycles. The van der Waals surface area contributed by atoms with E-state index >= 15 is 0 Å². The number of carbonyl (C=O) groups is 1. The summed E-state index contributed by atoms with van der Waals surface area (Å²) in [6.07, 6.45) is 2.91. The van der Waals surface area contributed by atoms with E-state index in [0.29, 0.717) is 23.2 Å². The Balaban J connectivity index is 1.54. The molecule has 150 valence electrons. The summed E-state index contributed by atoms with van der Waals surface area (Å²) in [7, 11) is 0. The Bertz CT molecular complexity index is 1180. The van der Waals surface area contributed by atoms with Crippen LogP contribution in [0.5, 0.6) is 0 Å². The molecule has 0 radical (unpaired) electrons. The van der Waals surface area contributed by atoms with Crippen LogP contribution in [0.2, 0.25) is 0 Å². The van der Waals surface area contributed by atoms with E-state index in [9.17, 15) is 9.18 Å². The minimum Gasteiger partial charge on any atom is -0.383 e. The molecule has 2 aliphatic heterocycles. The molecule has 0 bridgehead atoms. The highest BCUT2D eigenvalue weighted by atomic mass is 19.1. The second-order valence-electron chi connectivity index (χ2n) is 7.57. The van der Waals surface area contributed by atoms with Crippen molar-refractivity contribution < 1.29 is 9.18 Å². The Hall–Kier alpha value is -3.51. The third kappa shape index (κ3) is 3.25. The molecular formula is C24H21FN4O. The summed E-state index contributed by atoms with van der Waals surface area (Å²) < 4.78 is 14.7. The number of nitrogens with one attached hydrogen (secondary N) is 2. The van der Waals surface area contributed by atoms with Gasteiger partial charge < -0.3 is 16.4 Å². The second-order valence-corrected chi connectivity index (χ2v) is 7.57. The lowest BCUT2D eigenvalue weighted by Gasteiger charge is -2.18. The number of pyridine rings is 1. The van der Waals surface area contributed by atoms with E-state index in [4.69, 9.17) is 5.73 Å². The summed E-state index contributed by atoms with van der Waals surface area (Å²) in [5.74, 6) is -0.528. The fourth-order valence-corrected chi connectivity index (χ4v) is 4.09. The zero-order valence-corrected chi connectivity index (χ0v) is 16.3. The van der Waals surface area contributed by atoms with Crippen molar-refractivity contribution in [3.63, 3.8) is 0 Å². The molecule has 0 atom stereocenters. The number of anilines is 1. The molecule has 5 nitrogen and oxygen atoms in total. The average Bonchev–Trinajstić information content (AvgIpc) is 3.29. The normalized spacial score (nSPS) is 15.5. The largest absolute Gasteiger partial charge is 0.383 e. The molecular weight excluding hydrogens is 379 g/mol. The SMILES string of the molecule is Nc1nc(F)c(-c2ccc(C3=CCNC3)cc2)cc1-c1ccc2c(c1)CCNC2=O. The van der Waals surface area contributed by atoms with Gasteiger partial charge in [0.25, 0.3) is 5.91 Å². The van der Waals surface area contributed by atoms with Gasteiger partial charge in [0, 0.05) is 36.3 Å². The van der Waals surface area contributed by atoms with Crippen molar-refractivity contribution in [2.45, 2.75) is 6.42 Å². The average molecular weight is 400 g/mol. The highest BCUT2D eigenvalue weighted by Gasteiger charge is 2.19. The zero-order chi connectivity index (χ0) is 20.7. The summed E-state index contributed by atoms with van der Waals surface area (Å²) in [5, 5.41) is 6.12. The summed E-state index contributed by atoms with van der Waals surface area (Å²) in [6.45, 7) is 2.33. The molecule has 2 aliphatic rings. The first-order chi connectivity index (χ1) is 14.6. The zero-order valence-electron chi connectivity index (χ0n) is 16.3. The fraction of sp³-hybridized carbons (Fsp3) is 0.167. The molecule has 5 rings (SSSR count). The highest BCUT2D eigenvalue weighted by molar-refractivity contribution is 5.97. The molecule has 0 aliphatic carbocycles. The molecule has 4 N–H and O–H groups in total. The number of halogens is 1. The molecule has 1 aromatic heterocycles. The molecule has 3 heterocycles. The molecule has 30 heavy (non-hydrogen) atoms. The van der Waals surface area contributed by atoms with Gasteiger partial charge in [-0.05, 0) is 46.4 Å². The molecule has 0 fully saturated rings. The summed E-state index contributed by atoms with van der Waals surface area (Å²) in [6, 6.07) is 15.1. The molecule has 2 aromatic carbocycles. The monoisotopic (exact) mass is 400 g/mol. The van der Waals surface area contributed by atoms with Crippen molar-refractivity contribution in [3.05, 3.63) is 77.2 Å². The van der Waals surface area contributed by atoms with Gasteiger partial charge in [-0.15, -0.1) is 0 Å². The number of nitrogen functional groups attached to an aromatic ring is 1. The van der Waals surface area contributed by atoms with E-state index < -0.39 is 5.95 Å². The van der Waals surface area contributed by atoms with Crippen LogP contribution in [-0.4, -0.2) is 30.5 Å². The van der Waals surface area contributed by atoms with E-state index in [1.807, 2.05) is 36.4 Å². The molecule has 1 amide bonds. The first-order valence-electron chi connectivity index (χ1n) is 9.98. The number of benzene rings is 2. The van der Waals surface area contributed by atoms with Crippen molar-refractivity contribution in [3.8, 4) is 22.3 Å². The van der Waals surface area contributed by atoms with Crippen LogP contribution in [0, 0.1) is 5.95 Å². The number of carbonyl (C=O) groups excluding carboxylic acids is 1. The second kappa shape index (κ2) is 7.39. The smallest absolute Gasteiger partial charge is 0.251 e. The van der Waals surface area contributed by atoms with Crippen LogP contribution in [0.15, 0.2) is 54.6 Å². The Morgan fingerprint density at radius 2 is 1.70 bits per heavy atom. The maximum absolute atomic E-state index is 14.7. The lowest BCUT2D eigenvalue weighted by molar-refractivity contribution is 0.0946. The van der Waals surface area contributed by atoms with Crippen molar-refractivity contribution >= 4 is 17.3 Å². The summed E-state index contributed by atoms with van der Waals surface area (Å²) in [5.41, 5.74) is 12.7. The third-order valence-electron chi connectivity index (χ3n) is 5.72. The van der Waals surface area contributed by atoms with Crippen LogP contribution >= 0.6 is 0 Å². The van der Waals surface area contributed by atoms with E-state index in [0.717, 1.165) is 41.8 Å². The van der Waals surface area contributed by atoms with E-state index in [1.54, 1.807) is 12.1 Å². The van der Waals surface area contributed by atoms with Gasteiger partial charge in [-0.25, -0.2) is 4.98 Å². The number of fused-ring (bicyclic) bond motifs is 1. The Kier molecular flexibility index (Phi) is 4.56. The van der Waals surface area contributed by atoms with E-state index in [1.165, 1.54) is 5.57 Å². The summed E-state index contributed by atoms with van der Waals surface area (Å²) >= 11 is 0. The first kappa shape index (κ1) is 18.5. The quantitative estimate of drug-likeness (QED) is 0.589. The minimum atomic E-state index is -0.594. The van der Waals surface area contributed by atoms with Gasteiger partial charge in [-0.3, -0.25) is 4.79 Å². The van der Waals surface area contributed by atoms with Crippen LogP contribution in [0.4, 0.5) is 10.2 Å². The van der Waals surface area contributed by atoms with Crippen LogP contribution in [0.3, 0.4) is 0 Å². The lowest BCUT2D eigenvalue weighted by atomic mass is 9.93. The number of aromatic nitrogens is 1. The van der Waals surface area contributed by atoms with Gasteiger partial charge in [-0.2, -0.15) is 4.39 Å². The van der Waals surface area contributed by atoms with Gasteiger partial charge >= 0.3 is 0 Å². The highest BCUT2D eigenvalue weighted by Crippen LogP contribution is 2.33. The van der Waals surface area contributed by atoms with Gasteiger partial charge in [0.15, 0.2) is 0 Å². The van der Waals surface area contributed by atoms with Crippen molar-refractivity contribution in [1.82, 2.24) is 15.6 Å². The number of nitrogens with zero attached hydrogens (tertiary/aromatic N) is 1. The fourth-order valence-electron chi connectivity index (χ4n) is 4.09. The lowest BCUT2D eigenvalue weighted by Crippen LogP contribution is -2.31. The molecule has 0 saturated carbocycles. The molecule has 0 spiro atoms. The van der Waals surface area contributed by atoms with Gasteiger partial charge in [0.1, 0.15) is 5.82 Å². The number of nitrogens with two attached hydrogens (primary N) is 1. The number of rotatable bonds is 3. The van der Waals surface area contributed by atoms with E-state index in [2.05, 4.69) is 21.7 Å². The van der Waals surface area contributed by atoms with Crippen molar-refractivity contribution in [2.24, 2.45) is 0 Å². The van der Waals surface area contributed by atoms with Gasteiger partial charge in [0.2, 0.25) is 5.95 Å². The number of hydrogen-bond acceptors (Lipinski definition) is 4. The van der Waals surface area contributed by atoms with Crippen LogP contribution in [0.1, 0.15) is 21.5 Å².